The second-order valence-corrected chi connectivity index (χ2v) is 8.47. The molecule has 0 unspecified atom stereocenters. The highest BCUT2D eigenvalue weighted by molar-refractivity contribution is 7.91. The quantitative estimate of drug-likeness (QED) is 0.872. The number of nitrogens with zero attached hydrogens (tertiary/aromatic N) is 2. The largest absolute Gasteiger partial charge is 0.321 e. The minimum Gasteiger partial charge on any atom is -0.321 e. The lowest BCUT2D eigenvalue weighted by Gasteiger charge is -2.27. The topological polar surface area (TPSA) is 95.9 Å². The smallest absolute Gasteiger partial charge is 0.271 e. The first kappa shape index (κ1) is 16.9. The van der Waals surface area contributed by atoms with Crippen molar-refractivity contribution in [2.24, 2.45) is 5.10 Å². The van der Waals surface area contributed by atoms with Crippen LogP contribution < -0.4 is 5.32 Å². The molecule has 7 nitrogen and oxygen atoms in total. The number of amides is 2. The lowest BCUT2D eigenvalue weighted by atomic mass is 10.1. The van der Waals surface area contributed by atoms with Crippen LogP contribution in [0.15, 0.2) is 29.4 Å². The molecule has 1 atom stereocenters. The predicted molar refractivity (Wildman–Crippen MR) is 90.7 cm³/mol. The van der Waals surface area contributed by atoms with Crippen molar-refractivity contribution in [1.29, 1.82) is 0 Å². The highest BCUT2D eigenvalue weighted by Gasteiger charge is 2.37. The maximum atomic E-state index is 12.3. The van der Waals surface area contributed by atoms with Gasteiger partial charge in [-0.15, -0.1) is 0 Å². The molecule has 9 heteroatoms. The predicted octanol–water partition coefficient (Wildman–Crippen LogP) is 1.44. The maximum Gasteiger partial charge on any atom is 0.271 e. The Morgan fingerprint density at radius 1 is 1.25 bits per heavy atom. The standard InChI is InChI=1S/C15H16ClN3O4S/c16-10-1-3-11(4-2-10)17-15(21)13-5-6-14(20)19(18-13)12-7-8-24(22,23)9-12/h1-4,12H,5-9H2,(H,17,21)/t12-/m0/s1. The van der Waals surface area contributed by atoms with E-state index in [1.807, 2.05) is 0 Å². The third kappa shape index (κ3) is 3.76. The Hall–Kier alpha value is -1.93. The van der Waals surface area contributed by atoms with Gasteiger partial charge in [0.1, 0.15) is 5.71 Å². The van der Waals surface area contributed by atoms with Crippen molar-refractivity contribution in [3.05, 3.63) is 29.3 Å². The minimum atomic E-state index is -3.13. The van der Waals surface area contributed by atoms with Crippen LogP contribution in [0.25, 0.3) is 0 Å². The van der Waals surface area contributed by atoms with Gasteiger partial charge in [0.15, 0.2) is 9.84 Å². The second kappa shape index (κ2) is 6.52. The van der Waals surface area contributed by atoms with Gasteiger partial charge in [-0.25, -0.2) is 13.4 Å². The molecule has 2 amide bonds. The molecule has 0 aromatic heterocycles. The molecule has 2 heterocycles. The molecule has 0 aliphatic carbocycles. The van der Waals surface area contributed by atoms with Crippen LogP contribution in [0, 0.1) is 0 Å². The molecule has 1 saturated heterocycles. The molecule has 128 valence electrons. The SMILES string of the molecule is O=C(Nc1ccc(Cl)cc1)C1=NN([C@H]2CCS(=O)(=O)C2)C(=O)CC1. The molecule has 2 aliphatic rings. The summed E-state index contributed by atoms with van der Waals surface area (Å²) in [5.74, 6) is -0.715. The van der Waals surface area contributed by atoms with Crippen LogP contribution in [0.5, 0.6) is 0 Å². The molecule has 1 aromatic carbocycles. The van der Waals surface area contributed by atoms with Crippen LogP contribution >= 0.6 is 11.6 Å². The van der Waals surface area contributed by atoms with Gasteiger partial charge in [-0.3, -0.25) is 9.59 Å². The number of hydrogen-bond acceptors (Lipinski definition) is 5. The number of carbonyl (C=O) groups is 2. The Morgan fingerprint density at radius 3 is 2.58 bits per heavy atom. The summed E-state index contributed by atoms with van der Waals surface area (Å²) in [4.78, 5) is 24.3. The maximum absolute atomic E-state index is 12.3. The molecule has 1 aromatic rings. The van der Waals surface area contributed by atoms with Crippen molar-refractivity contribution in [1.82, 2.24) is 5.01 Å². The Labute approximate surface area is 144 Å². The van der Waals surface area contributed by atoms with Gasteiger partial charge in [0.25, 0.3) is 5.91 Å². The van der Waals surface area contributed by atoms with E-state index in [2.05, 4.69) is 10.4 Å². The molecule has 0 spiro atoms. The number of benzene rings is 1. The number of nitrogens with one attached hydrogen (secondary N) is 1. The fraction of sp³-hybridized carbons (Fsp3) is 0.400. The Balaban J connectivity index is 1.75. The summed E-state index contributed by atoms with van der Waals surface area (Å²) in [5.41, 5.74) is 0.785. The van der Waals surface area contributed by atoms with E-state index in [0.717, 1.165) is 0 Å². The van der Waals surface area contributed by atoms with E-state index in [1.54, 1.807) is 24.3 Å². The van der Waals surface area contributed by atoms with Gasteiger partial charge in [0.2, 0.25) is 5.91 Å². The van der Waals surface area contributed by atoms with Crippen molar-refractivity contribution < 1.29 is 18.0 Å². The summed E-state index contributed by atoms with van der Waals surface area (Å²) in [6, 6.07) is 6.14. The Bertz CT molecular complexity index is 805. The zero-order valence-electron chi connectivity index (χ0n) is 12.7. The van der Waals surface area contributed by atoms with Gasteiger partial charge in [-0.2, -0.15) is 5.10 Å². The molecule has 2 aliphatic heterocycles. The zero-order chi connectivity index (χ0) is 17.3. The first-order valence-electron chi connectivity index (χ1n) is 7.51. The van der Waals surface area contributed by atoms with E-state index in [0.29, 0.717) is 17.1 Å². The molecular formula is C15H16ClN3O4S. The van der Waals surface area contributed by atoms with Crippen molar-refractivity contribution in [2.45, 2.75) is 25.3 Å². The summed E-state index contributed by atoms with van der Waals surface area (Å²) >= 11 is 5.80. The summed E-state index contributed by atoms with van der Waals surface area (Å²) in [6.45, 7) is 0. The molecule has 1 N–H and O–H groups in total. The van der Waals surface area contributed by atoms with E-state index < -0.39 is 21.8 Å². The molecule has 0 saturated carbocycles. The summed E-state index contributed by atoms with van der Waals surface area (Å²) in [7, 11) is -3.13. The number of halogens is 1. The van der Waals surface area contributed by atoms with Crippen LogP contribution in [0.4, 0.5) is 5.69 Å². The first-order valence-corrected chi connectivity index (χ1v) is 9.71. The summed E-state index contributed by atoms with van der Waals surface area (Å²) < 4.78 is 23.2. The average Bonchev–Trinajstić information content (AvgIpc) is 2.90. The van der Waals surface area contributed by atoms with Crippen molar-refractivity contribution in [3.63, 3.8) is 0 Å². The molecule has 1 fully saturated rings. The monoisotopic (exact) mass is 369 g/mol. The van der Waals surface area contributed by atoms with E-state index in [9.17, 15) is 18.0 Å². The lowest BCUT2D eigenvalue weighted by molar-refractivity contribution is -0.133. The normalized spacial score (nSPS) is 23.0. The van der Waals surface area contributed by atoms with Gasteiger partial charge in [0, 0.05) is 23.6 Å². The Kier molecular flexibility index (Phi) is 4.60. The van der Waals surface area contributed by atoms with E-state index in [4.69, 9.17) is 11.6 Å². The number of carbonyl (C=O) groups excluding carboxylic acids is 2. The van der Waals surface area contributed by atoms with Crippen LogP contribution in [-0.2, 0) is 19.4 Å². The van der Waals surface area contributed by atoms with Crippen molar-refractivity contribution in [3.8, 4) is 0 Å². The van der Waals surface area contributed by atoms with E-state index in [-0.39, 0.29) is 36.0 Å². The van der Waals surface area contributed by atoms with Gasteiger partial charge in [-0.05, 0) is 30.7 Å². The molecule has 0 bridgehead atoms. The fourth-order valence-corrected chi connectivity index (χ4v) is 4.54. The Morgan fingerprint density at radius 2 is 1.96 bits per heavy atom. The van der Waals surface area contributed by atoms with Crippen LogP contribution in [0.1, 0.15) is 19.3 Å². The summed E-state index contributed by atoms with van der Waals surface area (Å²) in [6.07, 6.45) is 0.724. The minimum absolute atomic E-state index is 0.0449. The zero-order valence-corrected chi connectivity index (χ0v) is 14.3. The van der Waals surface area contributed by atoms with Crippen LogP contribution in [0.2, 0.25) is 5.02 Å². The number of hydrogen-bond donors (Lipinski definition) is 1. The number of hydrazone groups is 1. The van der Waals surface area contributed by atoms with Crippen LogP contribution in [-0.4, -0.2) is 48.5 Å². The van der Waals surface area contributed by atoms with Crippen molar-refractivity contribution in [2.75, 3.05) is 16.8 Å². The fourth-order valence-electron chi connectivity index (χ4n) is 2.72. The van der Waals surface area contributed by atoms with E-state index >= 15 is 0 Å². The van der Waals surface area contributed by atoms with Gasteiger partial charge < -0.3 is 5.32 Å². The van der Waals surface area contributed by atoms with Crippen molar-refractivity contribution >= 4 is 44.7 Å². The van der Waals surface area contributed by atoms with Crippen LogP contribution in [0.3, 0.4) is 0 Å². The second-order valence-electron chi connectivity index (χ2n) is 5.80. The third-order valence-corrected chi connectivity index (χ3v) is 5.98. The number of rotatable bonds is 3. The average molecular weight is 370 g/mol. The molecule has 24 heavy (non-hydrogen) atoms. The summed E-state index contributed by atoms with van der Waals surface area (Å²) in [5, 5.41) is 8.55. The van der Waals surface area contributed by atoms with Gasteiger partial charge in [-0.1, -0.05) is 11.6 Å². The molecule has 3 rings (SSSR count). The van der Waals surface area contributed by atoms with Gasteiger partial charge >= 0.3 is 0 Å². The van der Waals surface area contributed by atoms with E-state index in [1.165, 1.54) is 5.01 Å². The highest BCUT2D eigenvalue weighted by atomic mass is 35.5. The molecular weight excluding hydrogens is 354 g/mol. The lowest BCUT2D eigenvalue weighted by Crippen LogP contribution is -2.42. The van der Waals surface area contributed by atoms with Gasteiger partial charge in [0.05, 0.1) is 17.5 Å². The third-order valence-electron chi connectivity index (χ3n) is 3.98. The number of anilines is 1. The first-order chi connectivity index (χ1) is 11.3. The molecule has 0 radical (unpaired) electrons. The number of sulfone groups is 1. The highest BCUT2D eigenvalue weighted by Crippen LogP contribution is 2.22.